The molecule has 0 bridgehead atoms. The lowest BCUT2D eigenvalue weighted by molar-refractivity contribution is -0.134. The summed E-state index contributed by atoms with van der Waals surface area (Å²) in [7, 11) is 0. The third kappa shape index (κ3) is 3.09. The number of hydrogen-bond acceptors (Lipinski definition) is 2. The summed E-state index contributed by atoms with van der Waals surface area (Å²) >= 11 is 0. The zero-order valence-corrected chi connectivity index (χ0v) is 12.9. The first kappa shape index (κ1) is 14.1. The third-order valence-electron chi connectivity index (χ3n) is 4.40. The molecule has 0 unspecified atom stereocenters. The van der Waals surface area contributed by atoms with Crippen LogP contribution >= 0.6 is 0 Å². The number of piperidine rings is 1. The molecule has 0 atom stereocenters. The molecule has 3 heterocycles. The number of pyridine rings is 1. The quantitative estimate of drug-likeness (QED) is 0.869. The van der Waals surface area contributed by atoms with Gasteiger partial charge < -0.3 is 9.47 Å². The fourth-order valence-corrected chi connectivity index (χ4v) is 3.23. The van der Waals surface area contributed by atoms with E-state index in [0.717, 1.165) is 31.6 Å². The Balaban J connectivity index is 1.63. The predicted octanol–water partition coefficient (Wildman–Crippen LogP) is 3.08. The van der Waals surface area contributed by atoms with Gasteiger partial charge in [0.15, 0.2) is 0 Å². The molecule has 0 aromatic carbocycles. The van der Waals surface area contributed by atoms with Crippen molar-refractivity contribution in [3.05, 3.63) is 30.7 Å². The summed E-state index contributed by atoms with van der Waals surface area (Å²) in [5, 5.41) is 1.18. The van der Waals surface area contributed by atoms with E-state index in [2.05, 4.69) is 29.5 Å². The molecule has 1 saturated heterocycles. The van der Waals surface area contributed by atoms with E-state index in [9.17, 15) is 4.79 Å². The summed E-state index contributed by atoms with van der Waals surface area (Å²) in [6.45, 7) is 7.02. The van der Waals surface area contributed by atoms with Gasteiger partial charge in [-0.2, -0.15) is 0 Å². The zero-order valence-electron chi connectivity index (χ0n) is 12.9. The van der Waals surface area contributed by atoms with Crippen LogP contribution in [0.1, 0.15) is 33.1 Å². The topological polar surface area (TPSA) is 38.1 Å². The number of rotatable bonds is 3. The van der Waals surface area contributed by atoms with Gasteiger partial charge >= 0.3 is 0 Å². The molecule has 0 radical (unpaired) electrons. The van der Waals surface area contributed by atoms with Crippen molar-refractivity contribution in [2.75, 3.05) is 13.1 Å². The highest BCUT2D eigenvalue weighted by Crippen LogP contribution is 2.28. The number of aryl methyl sites for hydroxylation is 1. The Morgan fingerprint density at radius 3 is 3.05 bits per heavy atom. The third-order valence-corrected chi connectivity index (χ3v) is 4.40. The van der Waals surface area contributed by atoms with Gasteiger partial charge in [0.1, 0.15) is 0 Å². The van der Waals surface area contributed by atoms with Crippen LogP contribution in [0.4, 0.5) is 0 Å². The molecule has 3 rings (SSSR count). The largest absolute Gasteiger partial charge is 0.346 e. The standard InChI is InChI=1S/C17H23N3O/c1-17(2)7-3-9-20(13-17)16(21)6-11-19-10-5-14-4-8-18-12-15(14)19/h4-5,8,10,12H,3,6-7,9,11,13H2,1-2H3. The van der Waals surface area contributed by atoms with Crippen LogP contribution in [-0.4, -0.2) is 33.4 Å². The van der Waals surface area contributed by atoms with E-state index in [0.29, 0.717) is 6.42 Å². The molecule has 1 aliphatic rings. The highest BCUT2D eigenvalue weighted by molar-refractivity contribution is 5.80. The van der Waals surface area contributed by atoms with Crippen molar-refractivity contribution >= 4 is 16.8 Å². The summed E-state index contributed by atoms with van der Waals surface area (Å²) in [6.07, 6.45) is 8.60. The van der Waals surface area contributed by atoms with Gasteiger partial charge in [-0.3, -0.25) is 9.78 Å². The number of fused-ring (bicyclic) bond motifs is 1. The van der Waals surface area contributed by atoms with Gasteiger partial charge in [0, 0.05) is 43.8 Å². The Morgan fingerprint density at radius 2 is 2.24 bits per heavy atom. The maximum Gasteiger partial charge on any atom is 0.224 e. The molecule has 0 saturated carbocycles. The Hall–Kier alpha value is -1.84. The number of nitrogens with zero attached hydrogens (tertiary/aromatic N) is 3. The second-order valence-electron chi connectivity index (χ2n) is 6.78. The van der Waals surface area contributed by atoms with Crippen molar-refractivity contribution in [3.8, 4) is 0 Å². The Labute approximate surface area is 125 Å². The summed E-state index contributed by atoms with van der Waals surface area (Å²) in [5.74, 6) is 0.272. The van der Waals surface area contributed by atoms with E-state index in [1.54, 1.807) is 6.20 Å². The van der Waals surface area contributed by atoms with Crippen molar-refractivity contribution in [3.63, 3.8) is 0 Å². The van der Waals surface area contributed by atoms with Crippen LogP contribution in [-0.2, 0) is 11.3 Å². The number of aromatic nitrogens is 2. The van der Waals surface area contributed by atoms with Gasteiger partial charge in [-0.1, -0.05) is 13.8 Å². The van der Waals surface area contributed by atoms with E-state index in [1.165, 1.54) is 11.8 Å². The lowest BCUT2D eigenvalue weighted by atomic mass is 9.84. The van der Waals surface area contributed by atoms with Crippen LogP contribution in [0.2, 0.25) is 0 Å². The van der Waals surface area contributed by atoms with Crippen LogP contribution in [0.15, 0.2) is 30.7 Å². The normalized spacial score (nSPS) is 18.1. The van der Waals surface area contributed by atoms with Crippen LogP contribution in [0.3, 0.4) is 0 Å². The Bertz CT molecular complexity index is 644. The van der Waals surface area contributed by atoms with Crippen molar-refractivity contribution < 1.29 is 4.79 Å². The molecule has 4 heteroatoms. The van der Waals surface area contributed by atoms with Crippen LogP contribution in [0, 0.1) is 5.41 Å². The minimum absolute atomic E-state index is 0.262. The second kappa shape index (κ2) is 5.51. The molecule has 0 N–H and O–H groups in total. The minimum atomic E-state index is 0.262. The average Bonchev–Trinajstić information content (AvgIpc) is 2.87. The molecule has 1 fully saturated rings. The molecule has 112 valence electrons. The zero-order chi connectivity index (χ0) is 14.9. The lowest BCUT2D eigenvalue weighted by Crippen LogP contribution is -2.43. The molecule has 0 spiro atoms. The summed E-state index contributed by atoms with van der Waals surface area (Å²) in [4.78, 5) is 18.6. The highest BCUT2D eigenvalue weighted by atomic mass is 16.2. The molecule has 1 aliphatic heterocycles. The first-order valence-corrected chi connectivity index (χ1v) is 7.72. The fourth-order valence-electron chi connectivity index (χ4n) is 3.23. The van der Waals surface area contributed by atoms with Crippen LogP contribution < -0.4 is 0 Å². The number of carbonyl (C=O) groups excluding carboxylic acids is 1. The van der Waals surface area contributed by atoms with Gasteiger partial charge in [0.05, 0.1) is 11.7 Å². The van der Waals surface area contributed by atoms with E-state index >= 15 is 0 Å². The van der Waals surface area contributed by atoms with E-state index in [4.69, 9.17) is 0 Å². The molecule has 0 aliphatic carbocycles. The number of likely N-dealkylation sites (tertiary alicyclic amines) is 1. The van der Waals surface area contributed by atoms with Gasteiger partial charge in [-0.05, 0) is 30.4 Å². The molecular weight excluding hydrogens is 262 g/mol. The Kier molecular flexibility index (Phi) is 3.70. The lowest BCUT2D eigenvalue weighted by Gasteiger charge is -2.38. The summed E-state index contributed by atoms with van der Waals surface area (Å²) < 4.78 is 2.12. The molecule has 2 aromatic heterocycles. The van der Waals surface area contributed by atoms with Crippen molar-refractivity contribution in [2.45, 2.75) is 39.7 Å². The molecule has 21 heavy (non-hydrogen) atoms. The maximum atomic E-state index is 12.4. The van der Waals surface area contributed by atoms with Crippen molar-refractivity contribution in [1.29, 1.82) is 0 Å². The minimum Gasteiger partial charge on any atom is -0.346 e. The SMILES string of the molecule is CC1(C)CCCN(C(=O)CCn2ccc3ccncc32)C1. The smallest absolute Gasteiger partial charge is 0.224 e. The maximum absolute atomic E-state index is 12.4. The molecule has 1 amide bonds. The number of carbonyl (C=O) groups is 1. The average molecular weight is 285 g/mol. The van der Waals surface area contributed by atoms with Crippen molar-refractivity contribution in [1.82, 2.24) is 14.5 Å². The molecule has 4 nitrogen and oxygen atoms in total. The predicted molar refractivity (Wildman–Crippen MR) is 83.9 cm³/mol. The van der Waals surface area contributed by atoms with Crippen molar-refractivity contribution in [2.24, 2.45) is 5.41 Å². The van der Waals surface area contributed by atoms with Gasteiger partial charge in [-0.25, -0.2) is 0 Å². The highest BCUT2D eigenvalue weighted by Gasteiger charge is 2.28. The first-order chi connectivity index (χ1) is 10.1. The number of amides is 1. The second-order valence-corrected chi connectivity index (χ2v) is 6.78. The van der Waals surface area contributed by atoms with Gasteiger partial charge in [0.25, 0.3) is 0 Å². The van der Waals surface area contributed by atoms with Crippen LogP contribution in [0.5, 0.6) is 0 Å². The van der Waals surface area contributed by atoms with E-state index < -0.39 is 0 Å². The Morgan fingerprint density at radius 1 is 1.38 bits per heavy atom. The number of hydrogen-bond donors (Lipinski definition) is 0. The van der Waals surface area contributed by atoms with Gasteiger partial charge in [0.2, 0.25) is 5.91 Å². The van der Waals surface area contributed by atoms with Crippen LogP contribution in [0.25, 0.3) is 10.9 Å². The van der Waals surface area contributed by atoms with E-state index in [-0.39, 0.29) is 11.3 Å². The summed E-state index contributed by atoms with van der Waals surface area (Å²) in [5.41, 5.74) is 1.36. The van der Waals surface area contributed by atoms with E-state index in [1.807, 2.05) is 23.4 Å². The fraction of sp³-hybridized carbons (Fsp3) is 0.529. The molecule has 2 aromatic rings. The first-order valence-electron chi connectivity index (χ1n) is 7.72. The van der Waals surface area contributed by atoms with Gasteiger partial charge in [-0.15, -0.1) is 0 Å². The summed E-state index contributed by atoms with van der Waals surface area (Å²) in [6, 6.07) is 4.08. The monoisotopic (exact) mass is 285 g/mol. The molecular formula is C17H23N3O.